The van der Waals surface area contributed by atoms with Gasteiger partial charge in [-0.1, -0.05) is 16.8 Å². The van der Waals surface area contributed by atoms with Gasteiger partial charge in [0, 0.05) is 7.05 Å². The molecule has 0 atom stereocenters. The van der Waals surface area contributed by atoms with Crippen molar-refractivity contribution in [2.75, 3.05) is 0 Å². The number of rotatable bonds is 0. The van der Waals surface area contributed by atoms with Crippen molar-refractivity contribution in [2.24, 2.45) is 7.05 Å². The van der Waals surface area contributed by atoms with E-state index >= 15 is 0 Å². The molecule has 0 aliphatic carbocycles. The van der Waals surface area contributed by atoms with E-state index in [1.54, 1.807) is 11.7 Å². The van der Waals surface area contributed by atoms with E-state index in [-0.39, 0.29) is 0 Å². The topological polar surface area (TPSA) is 30.7 Å². The average molecular weight is 132 g/mol. The highest BCUT2D eigenvalue weighted by atomic mass is 35.5. The Morgan fingerprint density at radius 1 is 1.62 bits per heavy atom. The lowest BCUT2D eigenvalue weighted by Crippen LogP contribution is -1.91. The van der Waals surface area contributed by atoms with E-state index in [9.17, 15) is 0 Å². The van der Waals surface area contributed by atoms with Crippen molar-refractivity contribution >= 4 is 11.6 Å². The Balaban J connectivity index is 3.19. The molecule has 0 aliphatic heterocycles. The van der Waals surface area contributed by atoms with E-state index in [0.29, 0.717) is 5.15 Å². The number of aryl methyl sites for hydroxylation is 1. The zero-order chi connectivity index (χ0) is 6.15. The van der Waals surface area contributed by atoms with Crippen LogP contribution in [-0.2, 0) is 7.05 Å². The van der Waals surface area contributed by atoms with Crippen molar-refractivity contribution in [2.45, 2.75) is 6.92 Å². The van der Waals surface area contributed by atoms with Crippen LogP contribution in [0.1, 0.15) is 5.69 Å². The van der Waals surface area contributed by atoms with Crippen LogP contribution < -0.4 is 0 Å². The number of hydrogen-bond donors (Lipinski definition) is 0. The summed E-state index contributed by atoms with van der Waals surface area (Å²) in [5.41, 5.74) is 0.895. The third kappa shape index (κ3) is 0.690. The molecule has 0 saturated carbocycles. The molecule has 0 aromatic carbocycles. The molecule has 0 aliphatic rings. The molecule has 8 heavy (non-hydrogen) atoms. The third-order valence-corrected chi connectivity index (χ3v) is 1.40. The van der Waals surface area contributed by atoms with Gasteiger partial charge in [0.05, 0.1) is 5.69 Å². The van der Waals surface area contributed by atoms with E-state index in [2.05, 4.69) is 10.3 Å². The standard InChI is InChI=1S/C4H6ClN3/c1-3-4(5)6-7-8(3)2/h1-2H3. The summed E-state index contributed by atoms with van der Waals surface area (Å²) in [5, 5.41) is 7.72. The van der Waals surface area contributed by atoms with Crippen molar-refractivity contribution in [3.05, 3.63) is 10.8 Å². The average Bonchev–Trinajstić information content (AvgIpc) is 1.98. The van der Waals surface area contributed by atoms with E-state index in [0.717, 1.165) is 5.69 Å². The smallest absolute Gasteiger partial charge is 0.174 e. The van der Waals surface area contributed by atoms with Crippen LogP contribution in [0, 0.1) is 6.92 Å². The Morgan fingerprint density at radius 2 is 2.25 bits per heavy atom. The summed E-state index contributed by atoms with van der Waals surface area (Å²) < 4.78 is 1.63. The lowest BCUT2D eigenvalue weighted by atomic mass is 10.5. The Bertz CT molecular complexity index is 174. The number of hydrogen-bond acceptors (Lipinski definition) is 2. The summed E-state index contributed by atoms with van der Waals surface area (Å²) in [5.74, 6) is 0. The van der Waals surface area contributed by atoms with E-state index in [1.807, 2.05) is 6.92 Å². The normalized spacial score (nSPS) is 9.88. The second-order valence-corrected chi connectivity index (χ2v) is 1.95. The maximum absolute atomic E-state index is 5.54. The molecular formula is C4H6ClN3. The van der Waals surface area contributed by atoms with Gasteiger partial charge in [0.25, 0.3) is 0 Å². The summed E-state index contributed by atoms with van der Waals surface area (Å²) in [4.78, 5) is 0. The summed E-state index contributed by atoms with van der Waals surface area (Å²) in [6.45, 7) is 1.86. The molecule has 3 nitrogen and oxygen atoms in total. The Labute approximate surface area is 52.3 Å². The minimum atomic E-state index is 0.479. The highest BCUT2D eigenvalue weighted by Crippen LogP contribution is 2.06. The lowest BCUT2D eigenvalue weighted by molar-refractivity contribution is 0.696. The van der Waals surface area contributed by atoms with Crippen LogP contribution in [-0.4, -0.2) is 15.0 Å². The summed E-state index contributed by atoms with van der Waals surface area (Å²) in [6.07, 6.45) is 0. The van der Waals surface area contributed by atoms with Crippen LogP contribution in [0.3, 0.4) is 0 Å². The number of nitrogens with zero attached hydrogens (tertiary/aromatic N) is 3. The molecule has 0 bridgehead atoms. The first kappa shape index (κ1) is 5.56. The van der Waals surface area contributed by atoms with Gasteiger partial charge in [-0.25, -0.2) is 0 Å². The zero-order valence-electron chi connectivity index (χ0n) is 4.72. The van der Waals surface area contributed by atoms with Crippen molar-refractivity contribution in [1.82, 2.24) is 15.0 Å². The molecule has 0 amide bonds. The van der Waals surface area contributed by atoms with Gasteiger partial charge in [0.2, 0.25) is 0 Å². The Kier molecular flexibility index (Phi) is 1.21. The van der Waals surface area contributed by atoms with Crippen molar-refractivity contribution in [3.63, 3.8) is 0 Å². The van der Waals surface area contributed by atoms with Crippen LogP contribution in [0.2, 0.25) is 5.15 Å². The molecule has 44 valence electrons. The van der Waals surface area contributed by atoms with Gasteiger partial charge >= 0.3 is 0 Å². The second-order valence-electron chi connectivity index (χ2n) is 1.59. The fourth-order valence-corrected chi connectivity index (χ4v) is 0.535. The maximum Gasteiger partial charge on any atom is 0.174 e. The summed E-state index contributed by atoms with van der Waals surface area (Å²) >= 11 is 5.54. The van der Waals surface area contributed by atoms with Crippen LogP contribution >= 0.6 is 11.6 Å². The quantitative estimate of drug-likeness (QED) is 0.521. The fourth-order valence-electron chi connectivity index (χ4n) is 0.379. The molecule has 1 aromatic heterocycles. The first-order valence-electron chi connectivity index (χ1n) is 2.23. The predicted molar refractivity (Wildman–Crippen MR) is 30.7 cm³/mol. The predicted octanol–water partition coefficient (Wildman–Crippen LogP) is 0.777. The Morgan fingerprint density at radius 3 is 2.38 bits per heavy atom. The van der Waals surface area contributed by atoms with Crippen LogP contribution in [0.4, 0.5) is 0 Å². The van der Waals surface area contributed by atoms with Crippen LogP contribution in [0.5, 0.6) is 0 Å². The Hall–Kier alpha value is -0.570. The van der Waals surface area contributed by atoms with Gasteiger partial charge in [-0.3, -0.25) is 4.68 Å². The number of halogens is 1. The first-order valence-corrected chi connectivity index (χ1v) is 2.61. The van der Waals surface area contributed by atoms with Crippen LogP contribution in [0.15, 0.2) is 0 Å². The van der Waals surface area contributed by atoms with Gasteiger partial charge in [-0.2, -0.15) is 0 Å². The fraction of sp³-hybridized carbons (Fsp3) is 0.500. The summed E-state index contributed by atoms with van der Waals surface area (Å²) in [7, 11) is 1.80. The molecule has 0 radical (unpaired) electrons. The molecule has 4 heteroatoms. The lowest BCUT2D eigenvalue weighted by Gasteiger charge is -1.86. The minimum Gasteiger partial charge on any atom is -0.251 e. The summed E-state index contributed by atoms with van der Waals surface area (Å²) in [6, 6.07) is 0. The SMILES string of the molecule is Cc1c(Cl)nnn1C. The highest BCUT2D eigenvalue weighted by molar-refractivity contribution is 6.29. The van der Waals surface area contributed by atoms with Crippen LogP contribution in [0.25, 0.3) is 0 Å². The van der Waals surface area contributed by atoms with Gasteiger partial charge in [0.1, 0.15) is 0 Å². The molecule has 1 heterocycles. The molecular weight excluding hydrogens is 126 g/mol. The van der Waals surface area contributed by atoms with Gasteiger partial charge < -0.3 is 0 Å². The second kappa shape index (κ2) is 1.74. The molecule has 0 spiro atoms. The van der Waals surface area contributed by atoms with Crippen molar-refractivity contribution < 1.29 is 0 Å². The molecule has 0 fully saturated rings. The van der Waals surface area contributed by atoms with Crippen molar-refractivity contribution in [1.29, 1.82) is 0 Å². The first-order chi connectivity index (χ1) is 3.72. The molecule has 0 unspecified atom stereocenters. The third-order valence-electron chi connectivity index (χ3n) is 1.05. The molecule has 1 rings (SSSR count). The van der Waals surface area contributed by atoms with Crippen molar-refractivity contribution in [3.8, 4) is 0 Å². The largest absolute Gasteiger partial charge is 0.251 e. The zero-order valence-corrected chi connectivity index (χ0v) is 5.48. The van der Waals surface area contributed by atoms with E-state index < -0.39 is 0 Å². The van der Waals surface area contributed by atoms with Gasteiger partial charge in [0.15, 0.2) is 5.15 Å². The van der Waals surface area contributed by atoms with Gasteiger partial charge in [-0.15, -0.1) is 5.10 Å². The maximum atomic E-state index is 5.54. The van der Waals surface area contributed by atoms with Gasteiger partial charge in [-0.05, 0) is 6.92 Å². The van der Waals surface area contributed by atoms with E-state index in [1.165, 1.54) is 0 Å². The molecule has 0 N–H and O–H groups in total. The molecule has 1 aromatic rings. The minimum absolute atomic E-state index is 0.479. The highest BCUT2D eigenvalue weighted by Gasteiger charge is 1.98. The number of aromatic nitrogens is 3. The van der Waals surface area contributed by atoms with E-state index in [4.69, 9.17) is 11.6 Å². The molecule has 0 saturated heterocycles. The monoisotopic (exact) mass is 131 g/mol.